The molecule has 0 aliphatic rings. The molecule has 164 valence electrons. The molecular formula is C21H19N5O4S2. The van der Waals surface area contributed by atoms with Crippen molar-refractivity contribution in [3.63, 3.8) is 0 Å². The maximum absolute atomic E-state index is 13.1. The molecule has 0 spiro atoms. The summed E-state index contributed by atoms with van der Waals surface area (Å²) in [7, 11) is 0. The summed E-state index contributed by atoms with van der Waals surface area (Å²) in [6.45, 7) is 3.68. The summed E-state index contributed by atoms with van der Waals surface area (Å²) >= 11 is 2.48. The Hall–Kier alpha value is -3.57. The van der Waals surface area contributed by atoms with Gasteiger partial charge >= 0.3 is 5.97 Å². The van der Waals surface area contributed by atoms with Crippen molar-refractivity contribution in [2.24, 2.45) is 5.73 Å². The SMILES string of the molecule is CCCOC(=O)c1c(NC(=O)c2cnn3c(-c4cccs4)ccnc23)sc(C(N)=O)c1C. The van der Waals surface area contributed by atoms with Crippen molar-refractivity contribution in [1.82, 2.24) is 14.6 Å². The number of amides is 2. The average Bonchev–Trinajstić information content (AvgIpc) is 3.50. The van der Waals surface area contributed by atoms with Gasteiger partial charge in [0.15, 0.2) is 5.65 Å². The molecule has 2 amide bonds. The maximum atomic E-state index is 13.1. The number of ether oxygens (including phenoxy) is 1. The van der Waals surface area contributed by atoms with Gasteiger partial charge in [0.2, 0.25) is 0 Å². The zero-order chi connectivity index (χ0) is 22.8. The molecule has 0 saturated carbocycles. The lowest BCUT2D eigenvalue weighted by molar-refractivity contribution is 0.0506. The molecule has 9 nitrogen and oxygen atoms in total. The third kappa shape index (κ3) is 3.87. The molecule has 0 saturated heterocycles. The molecule has 0 aliphatic heterocycles. The number of primary amides is 1. The van der Waals surface area contributed by atoms with E-state index in [0.717, 1.165) is 21.9 Å². The lowest BCUT2D eigenvalue weighted by Gasteiger charge is -2.07. The molecule has 32 heavy (non-hydrogen) atoms. The van der Waals surface area contributed by atoms with Crippen LogP contribution in [0.15, 0.2) is 36.0 Å². The molecule has 0 fully saturated rings. The van der Waals surface area contributed by atoms with Crippen molar-refractivity contribution in [2.75, 3.05) is 11.9 Å². The van der Waals surface area contributed by atoms with Crippen LogP contribution in [0.4, 0.5) is 5.00 Å². The van der Waals surface area contributed by atoms with Gasteiger partial charge < -0.3 is 15.8 Å². The Balaban J connectivity index is 1.71. The van der Waals surface area contributed by atoms with E-state index in [-0.39, 0.29) is 27.6 Å². The van der Waals surface area contributed by atoms with E-state index in [1.807, 2.05) is 30.5 Å². The zero-order valence-corrected chi connectivity index (χ0v) is 18.9. The van der Waals surface area contributed by atoms with Crippen LogP contribution >= 0.6 is 22.7 Å². The van der Waals surface area contributed by atoms with Gasteiger partial charge in [-0.15, -0.1) is 22.7 Å². The average molecular weight is 470 g/mol. The van der Waals surface area contributed by atoms with Crippen LogP contribution in [0.25, 0.3) is 16.2 Å². The third-order valence-corrected chi connectivity index (χ3v) is 6.77. The molecule has 4 aromatic heterocycles. The Morgan fingerprint density at radius 1 is 1.28 bits per heavy atom. The van der Waals surface area contributed by atoms with E-state index < -0.39 is 17.8 Å². The van der Waals surface area contributed by atoms with Crippen LogP contribution in [-0.4, -0.2) is 39.0 Å². The number of hydrogen-bond acceptors (Lipinski definition) is 8. The molecule has 0 unspecified atom stereocenters. The van der Waals surface area contributed by atoms with E-state index >= 15 is 0 Å². The fourth-order valence-electron chi connectivity index (χ4n) is 3.18. The van der Waals surface area contributed by atoms with Crippen LogP contribution in [0.1, 0.15) is 49.3 Å². The second-order valence-corrected chi connectivity index (χ2v) is 8.78. The highest BCUT2D eigenvalue weighted by Gasteiger charge is 2.27. The molecule has 0 atom stereocenters. The van der Waals surface area contributed by atoms with Crippen molar-refractivity contribution >= 4 is 51.1 Å². The minimum atomic E-state index is -0.684. The molecule has 4 heterocycles. The Kier molecular flexibility index (Phi) is 6.01. The molecule has 11 heteroatoms. The lowest BCUT2D eigenvalue weighted by atomic mass is 10.1. The highest BCUT2D eigenvalue weighted by molar-refractivity contribution is 7.18. The van der Waals surface area contributed by atoms with E-state index in [1.165, 1.54) is 6.20 Å². The fourth-order valence-corrected chi connectivity index (χ4v) is 4.96. The molecule has 0 radical (unpaired) electrons. The van der Waals surface area contributed by atoms with Crippen molar-refractivity contribution < 1.29 is 19.1 Å². The predicted molar refractivity (Wildman–Crippen MR) is 122 cm³/mol. The monoisotopic (exact) mass is 469 g/mol. The van der Waals surface area contributed by atoms with Gasteiger partial charge in [-0.2, -0.15) is 5.10 Å². The summed E-state index contributed by atoms with van der Waals surface area (Å²) in [6.07, 6.45) is 3.66. The van der Waals surface area contributed by atoms with E-state index in [0.29, 0.717) is 17.6 Å². The molecular weight excluding hydrogens is 450 g/mol. The highest BCUT2D eigenvalue weighted by Crippen LogP contribution is 2.34. The van der Waals surface area contributed by atoms with Crippen LogP contribution in [0.5, 0.6) is 0 Å². The van der Waals surface area contributed by atoms with Crippen molar-refractivity contribution in [3.8, 4) is 10.6 Å². The third-order valence-electron chi connectivity index (χ3n) is 4.66. The number of aromatic nitrogens is 3. The zero-order valence-electron chi connectivity index (χ0n) is 17.2. The van der Waals surface area contributed by atoms with E-state index in [9.17, 15) is 14.4 Å². The van der Waals surface area contributed by atoms with Crippen LogP contribution in [0.3, 0.4) is 0 Å². The number of anilines is 1. The van der Waals surface area contributed by atoms with Gasteiger partial charge in [0.1, 0.15) is 10.6 Å². The minimum absolute atomic E-state index is 0.120. The van der Waals surface area contributed by atoms with Crippen LogP contribution < -0.4 is 11.1 Å². The van der Waals surface area contributed by atoms with Gasteiger partial charge in [-0.1, -0.05) is 13.0 Å². The predicted octanol–water partition coefficient (Wildman–Crippen LogP) is 3.75. The highest BCUT2D eigenvalue weighted by atomic mass is 32.1. The van der Waals surface area contributed by atoms with E-state index in [1.54, 1.807) is 29.0 Å². The first-order valence-electron chi connectivity index (χ1n) is 9.70. The Bertz CT molecular complexity index is 1320. The number of carbonyl (C=O) groups is 3. The number of esters is 1. The summed E-state index contributed by atoms with van der Waals surface area (Å²) in [5.41, 5.74) is 7.33. The molecule has 4 aromatic rings. The number of hydrogen-bond donors (Lipinski definition) is 2. The first-order valence-corrected chi connectivity index (χ1v) is 11.4. The largest absolute Gasteiger partial charge is 0.462 e. The molecule has 3 N–H and O–H groups in total. The summed E-state index contributed by atoms with van der Waals surface area (Å²) in [4.78, 5) is 43.0. The lowest BCUT2D eigenvalue weighted by Crippen LogP contribution is -2.15. The van der Waals surface area contributed by atoms with Crippen LogP contribution in [-0.2, 0) is 4.74 Å². The first kappa shape index (κ1) is 21.7. The number of carbonyl (C=O) groups excluding carboxylic acids is 3. The fraction of sp³-hybridized carbons (Fsp3) is 0.190. The number of nitrogens with zero attached hydrogens (tertiary/aromatic N) is 3. The smallest absolute Gasteiger partial charge is 0.341 e. The number of fused-ring (bicyclic) bond motifs is 1. The van der Waals surface area contributed by atoms with Crippen LogP contribution in [0.2, 0.25) is 0 Å². The molecule has 0 aliphatic carbocycles. The summed E-state index contributed by atoms with van der Waals surface area (Å²) in [6, 6.07) is 5.70. The van der Waals surface area contributed by atoms with Gasteiger partial charge in [-0.3, -0.25) is 9.59 Å². The maximum Gasteiger partial charge on any atom is 0.341 e. The van der Waals surface area contributed by atoms with Crippen molar-refractivity contribution in [3.05, 3.63) is 57.5 Å². The number of thiophene rings is 2. The normalized spacial score (nSPS) is 10.9. The Morgan fingerprint density at radius 3 is 2.78 bits per heavy atom. The van der Waals surface area contributed by atoms with Gasteiger partial charge in [-0.25, -0.2) is 14.3 Å². The van der Waals surface area contributed by atoms with Crippen LogP contribution in [0, 0.1) is 6.92 Å². The summed E-state index contributed by atoms with van der Waals surface area (Å²) < 4.78 is 6.82. The quantitative estimate of drug-likeness (QED) is 0.397. The van der Waals surface area contributed by atoms with Crippen molar-refractivity contribution in [2.45, 2.75) is 20.3 Å². The van der Waals surface area contributed by atoms with Gasteiger partial charge in [0, 0.05) is 6.20 Å². The van der Waals surface area contributed by atoms with Gasteiger partial charge in [-0.05, 0) is 36.4 Å². The van der Waals surface area contributed by atoms with Gasteiger partial charge in [0.25, 0.3) is 11.8 Å². The topological polar surface area (TPSA) is 129 Å². The van der Waals surface area contributed by atoms with E-state index in [4.69, 9.17) is 10.5 Å². The molecule has 0 aromatic carbocycles. The number of nitrogens with two attached hydrogens (primary N) is 1. The molecule has 0 bridgehead atoms. The summed E-state index contributed by atoms with van der Waals surface area (Å²) in [5, 5.41) is 9.18. The summed E-state index contributed by atoms with van der Waals surface area (Å²) in [5.74, 6) is -1.82. The second kappa shape index (κ2) is 8.89. The number of nitrogens with one attached hydrogen (secondary N) is 1. The van der Waals surface area contributed by atoms with Gasteiger partial charge in [0.05, 0.1) is 33.8 Å². The first-order chi connectivity index (χ1) is 15.4. The minimum Gasteiger partial charge on any atom is -0.462 e. The van der Waals surface area contributed by atoms with E-state index in [2.05, 4.69) is 15.4 Å². The standard InChI is InChI=1S/C21H19N5O4S2/c1-3-8-30-21(29)15-11(2)16(17(22)27)32-20(15)25-19(28)12-10-24-26-13(6-7-23-18(12)26)14-5-4-9-31-14/h4-7,9-10H,3,8H2,1-2H3,(H2,22,27)(H,25,28). The Morgan fingerprint density at radius 2 is 2.09 bits per heavy atom. The van der Waals surface area contributed by atoms with Crippen molar-refractivity contribution in [1.29, 1.82) is 0 Å². The second-order valence-electron chi connectivity index (χ2n) is 6.82. The Labute approximate surface area is 190 Å². The molecule has 4 rings (SSSR count). The number of rotatable bonds is 7.